The van der Waals surface area contributed by atoms with E-state index in [9.17, 15) is 9.59 Å². The van der Waals surface area contributed by atoms with Gasteiger partial charge in [-0.05, 0) is 24.1 Å². The van der Waals surface area contributed by atoms with E-state index in [1.54, 1.807) is 13.2 Å². The van der Waals surface area contributed by atoms with Gasteiger partial charge in [-0.3, -0.25) is 9.59 Å². The number of carbonyl (C=O) groups excluding carboxylic acids is 2. The molecule has 0 unspecified atom stereocenters. The molecule has 1 aliphatic rings. The van der Waals surface area contributed by atoms with Crippen LogP contribution in [0.4, 0.5) is 17.1 Å². The summed E-state index contributed by atoms with van der Waals surface area (Å²) < 4.78 is 4.86. The highest BCUT2D eigenvalue weighted by molar-refractivity contribution is 5.95. The maximum Gasteiger partial charge on any atom is 0.239 e. The number of methoxy groups -OCH3 is 1. The van der Waals surface area contributed by atoms with Crippen LogP contribution >= 0.6 is 0 Å². The van der Waals surface area contributed by atoms with Gasteiger partial charge >= 0.3 is 0 Å². The Hall–Kier alpha value is -2.28. The predicted molar refractivity (Wildman–Crippen MR) is 81.2 cm³/mol. The number of hydrogen-bond donors (Lipinski definition) is 4. The normalized spacial score (nSPS) is 13.3. The molecule has 1 heterocycles. The lowest BCUT2D eigenvalue weighted by Crippen LogP contribution is -2.32. The van der Waals surface area contributed by atoms with Gasteiger partial charge in [0.1, 0.15) is 0 Å². The molecule has 1 aromatic rings. The maximum absolute atomic E-state index is 11.6. The van der Waals surface area contributed by atoms with E-state index in [1.807, 2.05) is 6.07 Å². The lowest BCUT2D eigenvalue weighted by Gasteiger charge is -2.19. The average molecular weight is 292 g/mol. The van der Waals surface area contributed by atoms with Gasteiger partial charge in [-0.2, -0.15) is 0 Å². The van der Waals surface area contributed by atoms with Crippen LogP contribution in [0.5, 0.6) is 0 Å². The van der Waals surface area contributed by atoms with Crippen molar-refractivity contribution in [1.82, 2.24) is 5.32 Å². The van der Waals surface area contributed by atoms with Crippen LogP contribution in [0.25, 0.3) is 0 Å². The number of ether oxygens (including phenoxy) is 1. The number of hydrogen-bond acceptors (Lipinski definition) is 5. The van der Waals surface area contributed by atoms with Gasteiger partial charge in [0.15, 0.2) is 0 Å². The van der Waals surface area contributed by atoms with Crippen LogP contribution in [-0.4, -0.2) is 38.6 Å². The van der Waals surface area contributed by atoms with Crippen LogP contribution in [0.2, 0.25) is 0 Å². The van der Waals surface area contributed by atoms with Gasteiger partial charge in [-0.25, -0.2) is 0 Å². The van der Waals surface area contributed by atoms with Gasteiger partial charge in [-0.15, -0.1) is 0 Å². The maximum atomic E-state index is 11.6. The molecule has 0 aromatic heterocycles. The van der Waals surface area contributed by atoms with Crippen LogP contribution in [-0.2, 0) is 20.7 Å². The Morgan fingerprint density at radius 3 is 3.00 bits per heavy atom. The van der Waals surface area contributed by atoms with E-state index in [0.29, 0.717) is 37.4 Å². The minimum absolute atomic E-state index is 0.000120. The van der Waals surface area contributed by atoms with Gasteiger partial charge < -0.3 is 26.4 Å². The van der Waals surface area contributed by atoms with Crippen LogP contribution in [0.1, 0.15) is 12.0 Å². The number of amides is 2. The van der Waals surface area contributed by atoms with Crippen molar-refractivity contribution in [2.24, 2.45) is 0 Å². The summed E-state index contributed by atoms with van der Waals surface area (Å²) >= 11 is 0. The Kier molecular flexibility index (Phi) is 4.99. The largest absolute Gasteiger partial charge is 0.397 e. The van der Waals surface area contributed by atoms with E-state index in [0.717, 1.165) is 11.3 Å². The summed E-state index contributed by atoms with van der Waals surface area (Å²) in [5, 5.41) is 8.51. The minimum Gasteiger partial charge on any atom is -0.397 e. The van der Waals surface area contributed by atoms with E-state index in [2.05, 4.69) is 16.0 Å². The SMILES string of the molecule is COCCNC(=O)CNc1cc2c(cc1N)NC(=O)CC2. The van der Waals surface area contributed by atoms with Gasteiger partial charge in [0.25, 0.3) is 0 Å². The molecule has 0 saturated heterocycles. The van der Waals surface area contributed by atoms with Crippen molar-refractivity contribution in [2.45, 2.75) is 12.8 Å². The van der Waals surface area contributed by atoms with Crippen LogP contribution in [0, 0.1) is 0 Å². The molecular weight excluding hydrogens is 272 g/mol. The second-order valence-electron chi connectivity index (χ2n) is 4.84. The zero-order valence-electron chi connectivity index (χ0n) is 12.0. The molecule has 7 heteroatoms. The second-order valence-corrected chi connectivity index (χ2v) is 4.84. The molecule has 114 valence electrons. The Labute approximate surface area is 123 Å². The van der Waals surface area contributed by atoms with E-state index < -0.39 is 0 Å². The molecule has 0 bridgehead atoms. The fourth-order valence-corrected chi connectivity index (χ4v) is 2.13. The van der Waals surface area contributed by atoms with Gasteiger partial charge in [0.2, 0.25) is 11.8 Å². The Balaban J connectivity index is 1.95. The second kappa shape index (κ2) is 6.94. The molecule has 0 aliphatic carbocycles. The average Bonchev–Trinajstić information content (AvgIpc) is 2.45. The number of aryl methyl sites for hydroxylation is 1. The molecule has 21 heavy (non-hydrogen) atoms. The van der Waals surface area contributed by atoms with Gasteiger partial charge in [0.05, 0.1) is 24.5 Å². The van der Waals surface area contributed by atoms with Gasteiger partial charge in [-0.1, -0.05) is 0 Å². The number of carbonyl (C=O) groups is 2. The molecule has 1 aromatic carbocycles. The van der Waals surface area contributed by atoms with Crippen molar-refractivity contribution in [3.05, 3.63) is 17.7 Å². The summed E-state index contributed by atoms with van der Waals surface area (Å²) in [5.41, 5.74) is 8.90. The Bertz CT molecular complexity index is 545. The third-order valence-corrected chi connectivity index (χ3v) is 3.24. The first-order valence-corrected chi connectivity index (χ1v) is 6.82. The number of fused-ring (bicyclic) bond motifs is 1. The quantitative estimate of drug-likeness (QED) is 0.446. The highest BCUT2D eigenvalue weighted by atomic mass is 16.5. The number of benzene rings is 1. The van der Waals surface area contributed by atoms with E-state index >= 15 is 0 Å². The lowest BCUT2D eigenvalue weighted by molar-refractivity contribution is -0.119. The van der Waals surface area contributed by atoms with Crippen molar-refractivity contribution >= 4 is 28.9 Å². The number of rotatable bonds is 6. The topological polar surface area (TPSA) is 105 Å². The first kappa shape index (κ1) is 15.1. The molecule has 2 rings (SSSR count). The number of anilines is 3. The first-order valence-electron chi connectivity index (χ1n) is 6.82. The Morgan fingerprint density at radius 1 is 1.43 bits per heavy atom. The smallest absolute Gasteiger partial charge is 0.239 e. The fourth-order valence-electron chi connectivity index (χ4n) is 2.13. The highest BCUT2D eigenvalue weighted by Gasteiger charge is 2.16. The van der Waals surface area contributed by atoms with Crippen LogP contribution < -0.4 is 21.7 Å². The van der Waals surface area contributed by atoms with Crippen molar-refractivity contribution in [3.8, 4) is 0 Å². The monoisotopic (exact) mass is 292 g/mol. The van der Waals surface area contributed by atoms with E-state index in [4.69, 9.17) is 10.5 Å². The number of nitrogens with two attached hydrogens (primary N) is 1. The summed E-state index contributed by atoms with van der Waals surface area (Å²) in [6.45, 7) is 1.09. The number of nitrogen functional groups attached to an aromatic ring is 1. The first-order chi connectivity index (χ1) is 10.1. The predicted octanol–water partition coefficient (Wildman–Crippen LogP) is 0.328. The van der Waals surface area contributed by atoms with E-state index in [-0.39, 0.29) is 18.4 Å². The molecule has 0 radical (unpaired) electrons. The molecular formula is C14H20N4O3. The zero-order chi connectivity index (χ0) is 15.2. The molecule has 0 spiro atoms. The summed E-state index contributed by atoms with van der Waals surface area (Å²) in [5.74, 6) is -0.127. The summed E-state index contributed by atoms with van der Waals surface area (Å²) in [6, 6.07) is 3.60. The van der Waals surface area contributed by atoms with Gasteiger partial charge in [0, 0.05) is 25.8 Å². The van der Waals surface area contributed by atoms with Crippen molar-refractivity contribution < 1.29 is 14.3 Å². The molecule has 0 atom stereocenters. The molecule has 1 aliphatic heterocycles. The lowest BCUT2D eigenvalue weighted by atomic mass is 10.0. The molecule has 5 N–H and O–H groups in total. The van der Waals surface area contributed by atoms with E-state index in [1.165, 1.54) is 0 Å². The molecule has 0 saturated carbocycles. The Morgan fingerprint density at radius 2 is 2.24 bits per heavy atom. The molecule has 7 nitrogen and oxygen atoms in total. The third kappa shape index (κ3) is 4.09. The summed E-state index contributed by atoms with van der Waals surface area (Å²) in [7, 11) is 1.58. The standard InChI is InChI=1S/C14H20N4O3/c1-21-5-4-16-14(20)8-17-12-6-9-2-3-13(19)18-11(9)7-10(12)15/h6-7,17H,2-5,8,15H2,1H3,(H,16,20)(H,18,19). The third-order valence-electron chi connectivity index (χ3n) is 3.24. The van der Waals surface area contributed by atoms with Crippen LogP contribution in [0.15, 0.2) is 12.1 Å². The number of nitrogens with one attached hydrogen (secondary N) is 3. The fraction of sp³-hybridized carbons (Fsp3) is 0.429. The van der Waals surface area contributed by atoms with Crippen molar-refractivity contribution in [3.63, 3.8) is 0 Å². The molecule has 0 fully saturated rings. The highest BCUT2D eigenvalue weighted by Crippen LogP contribution is 2.30. The van der Waals surface area contributed by atoms with Crippen molar-refractivity contribution in [1.29, 1.82) is 0 Å². The summed E-state index contributed by atoms with van der Waals surface area (Å²) in [4.78, 5) is 22.9. The summed E-state index contributed by atoms with van der Waals surface area (Å²) in [6.07, 6.45) is 1.14. The minimum atomic E-state index is -0.127. The van der Waals surface area contributed by atoms with Crippen molar-refractivity contribution in [2.75, 3.05) is 43.2 Å². The molecule has 2 amide bonds. The zero-order valence-corrected chi connectivity index (χ0v) is 12.0. The van der Waals surface area contributed by atoms with Crippen LogP contribution in [0.3, 0.4) is 0 Å².